The first-order chi connectivity index (χ1) is 13.3. The van der Waals surface area contributed by atoms with Crippen LogP contribution in [0, 0.1) is 6.92 Å². The summed E-state index contributed by atoms with van der Waals surface area (Å²) in [7, 11) is 0. The lowest BCUT2D eigenvalue weighted by atomic mass is 10.1. The van der Waals surface area contributed by atoms with E-state index in [1.807, 2.05) is 36.5 Å². The van der Waals surface area contributed by atoms with E-state index < -0.39 is 18.6 Å². The number of aromatic nitrogens is 3. The fourth-order valence-electron chi connectivity index (χ4n) is 2.47. The third-order valence-corrected chi connectivity index (χ3v) is 4.67. The average Bonchev–Trinajstić information content (AvgIpc) is 3.28. The Balaban J connectivity index is 1.79. The van der Waals surface area contributed by atoms with Gasteiger partial charge in [-0.15, -0.1) is 10.2 Å². The molecule has 3 aromatic rings. The third kappa shape index (κ3) is 5.38. The predicted molar refractivity (Wildman–Crippen MR) is 97.8 cm³/mol. The lowest BCUT2D eigenvalue weighted by Crippen LogP contribution is -2.34. The van der Waals surface area contributed by atoms with Crippen LogP contribution in [-0.2, 0) is 11.3 Å². The molecule has 0 aliphatic rings. The van der Waals surface area contributed by atoms with Crippen molar-refractivity contribution in [2.24, 2.45) is 0 Å². The molecule has 3 rings (SSSR count). The Hall–Kier alpha value is -2.75. The van der Waals surface area contributed by atoms with Gasteiger partial charge in [-0.3, -0.25) is 9.36 Å². The van der Waals surface area contributed by atoms with Crippen LogP contribution in [0.5, 0.6) is 0 Å². The highest BCUT2D eigenvalue weighted by Gasteiger charge is 2.27. The highest BCUT2D eigenvalue weighted by molar-refractivity contribution is 7.99. The molecule has 2 aromatic heterocycles. The second kappa shape index (κ2) is 8.51. The maximum atomic E-state index is 12.2. The number of benzene rings is 1. The van der Waals surface area contributed by atoms with Crippen molar-refractivity contribution < 1.29 is 22.4 Å². The highest BCUT2D eigenvalue weighted by atomic mass is 32.2. The van der Waals surface area contributed by atoms with E-state index in [-0.39, 0.29) is 5.75 Å². The zero-order valence-corrected chi connectivity index (χ0v) is 15.7. The first-order valence-electron chi connectivity index (χ1n) is 8.31. The number of thioether (sulfide) groups is 1. The summed E-state index contributed by atoms with van der Waals surface area (Å²) in [5.74, 6) is 0.308. The maximum absolute atomic E-state index is 12.2. The second-order valence-corrected chi connectivity index (χ2v) is 6.96. The smallest absolute Gasteiger partial charge is 0.405 e. The molecule has 0 aliphatic heterocycles. The molecular formula is C18H17F3N4O2S. The second-order valence-electron chi connectivity index (χ2n) is 6.02. The van der Waals surface area contributed by atoms with Crippen molar-refractivity contribution in [1.29, 1.82) is 0 Å². The van der Waals surface area contributed by atoms with Crippen molar-refractivity contribution in [2.45, 2.75) is 24.8 Å². The molecule has 0 aliphatic carbocycles. The van der Waals surface area contributed by atoms with Gasteiger partial charge in [0.25, 0.3) is 0 Å². The van der Waals surface area contributed by atoms with Gasteiger partial charge in [-0.05, 0) is 25.1 Å². The Labute approximate surface area is 163 Å². The van der Waals surface area contributed by atoms with Gasteiger partial charge in [-0.25, -0.2) is 0 Å². The molecule has 0 spiro atoms. The molecular weight excluding hydrogens is 393 g/mol. The third-order valence-electron chi connectivity index (χ3n) is 3.71. The Morgan fingerprint density at radius 1 is 1.25 bits per heavy atom. The summed E-state index contributed by atoms with van der Waals surface area (Å²) in [5.41, 5.74) is 1.89. The van der Waals surface area contributed by atoms with Gasteiger partial charge >= 0.3 is 6.18 Å². The number of amides is 1. The van der Waals surface area contributed by atoms with E-state index in [2.05, 4.69) is 10.2 Å². The van der Waals surface area contributed by atoms with Gasteiger partial charge in [0.05, 0.1) is 18.6 Å². The van der Waals surface area contributed by atoms with Crippen molar-refractivity contribution in [3.8, 4) is 11.4 Å². The first kappa shape index (κ1) is 20.0. The number of hydrogen-bond acceptors (Lipinski definition) is 5. The molecule has 1 aromatic carbocycles. The van der Waals surface area contributed by atoms with Crippen LogP contribution in [0.3, 0.4) is 0 Å². The molecule has 2 heterocycles. The first-order valence-corrected chi connectivity index (χ1v) is 9.29. The Kier molecular flexibility index (Phi) is 6.08. The molecule has 1 amide bonds. The van der Waals surface area contributed by atoms with Crippen LogP contribution in [0.25, 0.3) is 11.4 Å². The van der Waals surface area contributed by atoms with E-state index in [1.165, 1.54) is 0 Å². The van der Waals surface area contributed by atoms with Crippen molar-refractivity contribution in [1.82, 2.24) is 20.1 Å². The van der Waals surface area contributed by atoms with E-state index in [4.69, 9.17) is 4.42 Å². The number of nitrogens with zero attached hydrogens (tertiary/aromatic N) is 3. The number of hydrogen-bond donors (Lipinski definition) is 1. The SMILES string of the molecule is Cc1cccc(-c2nnc(SCC(=O)NCC(F)(F)F)n2Cc2ccco2)c1. The minimum absolute atomic E-state index is 0.208. The van der Waals surface area contributed by atoms with Gasteiger partial charge in [0, 0.05) is 5.56 Å². The number of nitrogens with one attached hydrogen (secondary N) is 1. The number of aryl methyl sites for hydroxylation is 1. The van der Waals surface area contributed by atoms with Gasteiger partial charge in [0.15, 0.2) is 11.0 Å². The van der Waals surface area contributed by atoms with Crippen LogP contribution in [0.4, 0.5) is 13.2 Å². The van der Waals surface area contributed by atoms with E-state index in [0.29, 0.717) is 23.3 Å². The zero-order chi connectivity index (χ0) is 20.1. The highest BCUT2D eigenvalue weighted by Crippen LogP contribution is 2.26. The van der Waals surface area contributed by atoms with Crippen LogP contribution in [0.2, 0.25) is 0 Å². The van der Waals surface area contributed by atoms with Crippen molar-refractivity contribution >= 4 is 17.7 Å². The molecule has 0 unspecified atom stereocenters. The van der Waals surface area contributed by atoms with E-state index >= 15 is 0 Å². The number of furan rings is 1. The molecule has 0 fully saturated rings. The quantitative estimate of drug-likeness (QED) is 0.602. The van der Waals surface area contributed by atoms with Gasteiger partial charge in [0.2, 0.25) is 5.91 Å². The Bertz CT molecular complexity index is 939. The Morgan fingerprint density at radius 2 is 2.07 bits per heavy atom. The van der Waals surface area contributed by atoms with Gasteiger partial charge in [-0.2, -0.15) is 13.2 Å². The molecule has 0 bridgehead atoms. The van der Waals surface area contributed by atoms with Crippen molar-refractivity contribution in [3.05, 3.63) is 54.0 Å². The van der Waals surface area contributed by atoms with Crippen LogP contribution in [-0.4, -0.2) is 39.1 Å². The number of carbonyl (C=O) groups is 1. The summed E-state index contributed by atoms with van der Waals surface area (Å²) in [6.45, 7) is 0.924. The number of halogens is 3. The molecule has 0 atom stereocenters. The summed E-state index contributed by atoms with van der Waals surface area (Å²) in [6, 6.07) is 11.2. The van der Waals surface area contributed by atoms with E-state index in [1.54, 1.807) is 23.0 Å². The summed E-state index contributed by atoms with van der Waals surface area (Å²) >= 11 is 1.02. The number of rotatable bonds is 7. The van der Waals surface area contributed by atoms with Gasteiger partial charge in [-0.1, -0.05) is 35.5 Å². The fraction of sp³-hybridized carbons (Fsp3) is 0.278. The van der Waals surface area contributed by atoms with Gasteiger partial charge < -0.3 is 9.73 Å². The van der Waals surface area contributed by atoms with Gasteiger partial charge in [0.1, 0.15) is 12.3 Å². The van der Waals surface area contributed by atoms with Crippen LogP contribution < -0.4 is 5.32 Å². The lowest BCUT2D eigenvalue weighted by Gasteiger charge is -2.10. The monoisotopic (exact) mass is 410 g/mol. The van der Waals surface area contributed by atoms with Crippen LogP contribution in [0.15, 0.2) is 52.2 Å². The number of alkyl halides is 3. The van der Waals surface area contributed by atoms with Crippen molar-refractivity contribution in [2.75, 3.05) is 12.3 Å². The summed E-state index contributed by atoms with van der Waals surface area (Å²) in [4.78, 5) is 11.7. The maximum Gasteiger partial charge on any atom is 0.405 e. The molecule has 0 saturated carbocycles. The minimum atomic E-state index is -4.45. The molecule has 0 radical (unpaired) electrons. The van der Waals surface area contributed by atoms with E-state index in [9.17, 15) is 18.0 Å². The standard InChI is InChI=1S/C18H17F3N4O2S/c1-12-4-2-5-13(8-12)16-23-24-17(25(16)9-14-6-3-7-27-14)28-10-15(26)22-11-18(19,20)21/h2-8H,9-11H2,1H3,(H,22,26). The molecule has 6 nitrogen and oxygen atoms in total. The average molecular weight is 410 g/mol. The topological polar surface area (TPSA) is 73.0 Å². The molecule has 0 saturated heterocycles. The largest absolute Gasteiger partial charge is 0.467 e. The summed E-state index contributed by atoms with van der Waals surface area (Å²) < 4.78 is 43.8. The normalized spacial score (nSPS) is 11.6. The Morgan fingerprint density at radius 3 is 2.75 bits per heavy atom. The predicted octanol–water partition coefficient (Wildman–Crippen LogP) is 3.67. The molecule has 28 heavy (non-hydrogen) atoms. The molecule has 148 valence electrons. The molecule has 1 N–H and O–H groups in total. The fourth-order valence-corrected chi connectivity index (χ4v) is 3.24. The summed E-state index contributed by atoms with van der Waals surface area (Å²) in [5, 5.41) is 10.6. The van der Waals surface area contributed by atoms with Crippen LogP contribution >= 0.6 is 11.8 Å². The number of carbonyl (C=O) groups excluding carboxylic acids is 1. The van der Waals surface area contributed by atoms with E-state index in [0.717, 1.165) is 22.9 Å². The zero-order valence-electron chi connectivity index (χ0n) is 14.9. The minimum Gasteiger partial charge on any atom is -0.467 e. The van der Waals surface area contributed by atoms with Crippen LogP contribution in [0.1, 0.15) is 11.3 Å². The lowest BCUT2D eigenvalue weighted by molar-refractivity contribution is -0.136. The van der Waals surface area contributed by atoms with Crippen molar-refractivity contribution in [3.63, 3.8) is 0 Å². The molecule has 10 heteroatoms. The summed E-state index contributed by atoms with van der Waals surface area (Å²) in [6.07, 6.45) is -2.90.